The van der Waals surface area contributed by atoms with Crippen LogP contribution in [-0.4, -0.2) is 26.3 Å². The summed E-state index contributed by atoms with van der Waals surface area (Å²) < 4.78 is 19.7. The second-order valence-electron chi connectivity index (χ2n) is 3.38. The van der Waals surface area contributed by atoms with Crippen LogP contribution in [-0.2, 0) is 6.54 Å². The van der Waals surface area contributed by atoms with Crippen LogP contribution in [0.2, 0.25) is 0 Å². The molecule has 8 heteroatoms. The van der Waals surface area contributed by atoms with Crippen molar-refractivity contribution >= 4 is 5.69 Å². The standard InChI is InChI=1S/C10H9FN4O3/c11-8-1-2-9(15(16)17)10(5-8)18-4-3-14-7-12-6-13-14/h1-2,5-7H,3-4H2. The lowest BCUT2D eigenvalue weighted by atomic mass is 10.3. The quantitative estimate of drug-likeness (QED) is 0.593. The zero-order valence-electron chi connectivity index (χ0n) is 9.19. The van der Waals surface area contributed by atoms with Crippen molar-refractivity contribution in [1.29, 1.82) is 0 Å². The van der Waals surface area contributed by atoms with E-state index < -0.39 is 10.7 Å². The highest BCUT2D eigenvalue weighted by Crippen LogP contribution is 2.27. The van der Waals surface area contributed by atoms with Gasteiger partial charge in [0.2, 0.25) is 0 Å². The van der Waals surface area contributed by atoms with Crippen molar-refractivity contribution < 1.29 is 14.1 Å². The van der Waals surface area contributed by atoms with E-state index in [2.05, 4.69) is 10.1 Å². The molecule has 94 valence electrons. The Kier molecular flexibility index (Phi) is 3.46. The van der Waals surface area contributed by atoms with Gasteiger partial charge in [-0.25, -0.2) is 14.1 Å². The first-order chi connectivity index (χ1) is 8.66. The molecular formula is C10H9FN4O3. The van der Waals surface area contributed by atoms with Gasteiger partial charge in [-0.2, -0.15) is 5.10 Å². The zero-order valence-corrected chi connectivity index (χ0v) is 9.19. The van der Waals surface area contributed by atoms with Crippen LogP contribution >= 0.6 is 0 Å². The average molecular weight is 252 g/mol. The molecule has 0 aliphatic heterocycles. The van der Waals surface area contributed by atoms with Gasteiger partial charge in [-0.1, -0.05) is 0 Å². The van der Waals surface area contributed by atoms with Crippen molar-refractivity contribution in [2.45, 2.75) is 6.54 Å². The van der Waals surface area contributed by atoms with E-state index in [1.165, 1.54) is 17.3 Å². The molecule has 1 heterocycles. The highest BCUT2D eigenvalue weighted by atomic mass is 19.1. The van der Waals surface area contributed by atoms with Crippen LogP contribution in [0.25, 0.3) is 0 Å². The van der Waals surface area contributed by atoms with E-state index in [1.807, 2.05) is 0 Å². The molecule has 0 saturated carbocycles. The fourth-order valence-corrected chi connectivity index (χ4v) is 1.35. The summed E-state index contributed by atoms with van der Waals surface area (Å²) in [6.45, 7) is 0.501. The summed E-state index contributed by atoms with van der Waals surface area (Å²) >= 11 is 0. The molecule has 0 spiro atoms. The Morgan fingerprint density at radius 1 is 1.50 bits per heavy atom. The molecule has 0 atom stereocenters. The van der Waals surface area contributed by atoms with Crippen LogP contribution in [0.1, 0.15) is 0 Å². The number of hydrogen-bond acceptors (Lipinski definition) is 5. The summed E-state index contributed by atoms with van der Waals surface area (Å²) in [4.78, 5) is 13.8. The average Bonchev–Trinajstić information content (AvgIpc) is 2.82. The molecule has 0 aliphatic rings. The van der Waals surface area contributed by atoms with Crippen molar-refractivity contribution in [2.24, 2.45) is 0 Å². The third-order valence-corrected chi connectivity index (χ3v) is 2.16. The highest BCUT2D eigenvalue weighted by Gasteiger charge is 2.15. The summed E-state index contributed by atoms with van der Waals surface area (Å²) in [5.41, 5.74) is -0.269. The number of aromatic nitrogens is 3. The normalized spacial score (nSPS) is 10.3. The van der Waals surface area contributed by atoms with Gasteiger partial charge in [-0.3, -0.25) is 10.1 Å². The first-order valence-electron chi connectivity index (χ1n) is 5.06. The third kappa shape index (κ3) is 2.78. The molecular weight excluding hydrogens is 243 g/mol. The molecule has 0 fully saturated rings. The van der Waals surface area contributed by atoms with Gasteiger partial charge in [0.25, 0.3) is 0 Å². The van der Waals surface area contributed by atoms with Gasteiger partial charge in [0, 0.05) is 12.1 Å². The van der Waals surface area contributed by atoms with Crippen molar-refractivity contribution in [3.63, 3.8) is 0 Å². The van der Waals surface area contributed by atoms with Gasteiger partial charge < -0.3 is 4.74 Å². The molecule has 2 rings (SSSR count). The van der Waals surface area contributed by atoms with Crippen molar-refractivity contribution in [1.82, 2.24) is 14.8 Å². The van der Waals surface area contributed by atoms with E-state index in [0.717, 1.165) is 18.2 Å². The van der Waals surface area contributed by atoms with Gasteiger partial charge in [-0.05, 0) is 6.07 Å². The number of hydrogen-bond donors (Lipinski definition) is 0. The summed E-state index contributed by atoms with van der Waals surface area (Å²) in [5, 5.41) is 14.5. The second-order valence-corrected chi connectivity index (χ2v) is 3.38. The molecule has 1 aromatic carbocycles. The highest BCUT2D eigenvalue weighted by molar-refractivity contribution is 5.46. The van der Waals surface area contributed by atoms with Crippen LogP contribution in [0.4, 0.5) is 10.1 Å². The van der Waals surface area contributed by atoms with E-state index in [4.69, 9.17) is 4.74 Å². The molecule has 0 bridgehead atoms. The Balaban J connectivity index is 2.03. The molecule has 0 N–H and O–H groups in total. The van der Waals surface area contributed by atoms with E-state index >= 15 is 0 Å². The molecule has 18 heavy (non-hydrogen) atoms. The SMILES string of the molecule is O=[N+]([O-])c1ccc(F)cc1OCCn1cncn1. The maximum Gasteiger partial charge on any atom is 0.311 e. The fourth-order valence-electron chi connectivity index (χ4n) is 1.35. The van der Waals surface area contributed by atoms with Crippen LogP contribution in [0.5, 0.6) is 5.75 Å². The monoisotopic (exact) mass is 252 g/mol. The number of nitrogens with zero attached hydrogens (tertiary/aromatic N) is 4. The molecule has 0 radical (unpaired) electrons. The molecule has 2 aromatic rings. The number of nitro benzene ring substituents is 1. The minimum absolute atomic E-state index is 0.0971. The molecule has 0 saturated heterocycles. The Labute approximate surface area is 101 Å². The Hall–Kier alpha value is -2.51. The van der Waals surface area contributed by atoms with Crippen LogP contribution < -0.4 is 4.74 Å². The van der Waals surface area contributed by atoms with Crippen LogP contribution in [0.15, 0.2) is 30.9 Å². The lowest BCUT2D eigenvalue weighted by Crippen LogP contribution is -2.09. The molecule has 0 amide bonds. The maximum atomic E-state index is 13.0. The Morgan fingerprint density at radius 2 is 2.33 bits per heavy atom. The smallest absolute Gasteiger partial charge is 0.311 e. The predicted molar refractivity (Wildman–Crippen MR) is 58.6 cm³/mol. The minimum atomic E-state index is -0.621. The largest absolute Gasteiger partial charge is 0.485 e. The number of benzene rings is 1. The van der Waals surface area contributed by atoms with E-state index in [9.17, 15) is 14.5 Å². The molecule has 7 nitrogen and oxygen atoms in total. The lowest BCUT2D eigenvalue weighted by Gasteiger charge is -2.06. The first-order valence-corrected chi connectivity index (χ1v) is 5.06. The summed E-state index contributed by atoms with van der Waals surface area (Å²) in [5.74, 6) is -0.684. The van der Waals surface area contributed by atoms with E-state index in [1.54, 1.807) is 0 Å². The van der Waals surface area contributed by atoms with Gasteiger partial charge in [0.05, 0.1) is 11.5 Å². The maximum absolute atomic E-state index is 13.0. The Morgan fingerprint density at radius 3 is 3.00 bits per heavy atom. The topological polar surface area (TPSA) is 83.1 Å². The molecule has 1 aromatic heterocycles. The van der Waals surface area contributed by atoms with Crippen LogP contribution in [0.3, 0.4) is 0 Å². The van der Waals surface area contributed by atoms with Gasteiger partial charge in [0.1, 0.15) is 25.1 Å². The lowest BCUT2D eigenvalue weighted by molar-refractivity contribution is -0.385. The summed E-state index contributed by atoms with van der Waals surface area (Å²) in [7, 11) is 0. The van der Waals surface area contributed by atoms with Crippen LogP contribution in [0, 0.1) is 15.9 Å². The van der Waals surface area contributed by atoms with E-state index in [-0.39, 0.29) is 18.0 Å². The van der Waals surface area contributed by atoms with Gasteiger partial charge in [0.15, 0.2) is 5.75 Å². The zero-order chi connectivity index (χ0) is 13.0. The molecule has 0 unspecified atom stereocenters. The fraction of sp³-hybridized carbons (Fsp3) is 0.200. The van der Waals surface area contributed by atoms with Gasteiger partial charge in [-0.15, -0.1) is 0 Å². The number of ether oxygens (including phenoxy) is 1. The number of rotatable bonds is 5. The third-order valence-electron chi connectivity index (χ3n) is 2.16. The number of nitro groups is 1. The first kappa shape index (κ1) is 12.0. The number of halogens is 1. The minimum Gasteiger partial charge on any atom is -0.485 e. The van der Waals surface area contributed by atoms with E-state index in [0.29, 0.717) is 6.54 Å². The van der Waals surface area contributed by atoms with Crippen molar-refractivity contribution in [3.8, 4) is 5.75 Å². The predicted octanol–water partition coefficient (Wildman–Crippen LogP) is 1.40. The van der Waals surface area contributed by atoms with Crippen molar-refractivity contribution in [2.75, 3.05) is 6.61 Å². The second kappa shape index (κ2) is 5.21. The summed E-state index contributed by atoms with van der Waals surface area (Å²) in [6.07, 6.45) is 2.86. The summed E-state index contributed by atoms with van der Waals surface area (Å²) in [6, 6.07) is 3.07. The molecule has 0 aliphatic carbocycles. The van der Waals surface area contributed by atoms with Gasteiger partial charge >= 0.3 is 5.69 Å². The van der Waals surface area contributed by atoms with Crippen molar-refractivity contribution in [3.05, 3.63) is 46.8 Å². The Bertz CT molecular complexity index is 544.